The van der Waals surface area contributed by atoms with Crippen LogP contribution in [-0.4, -0.2) is 36.1 Å². The van der Waals surface area contributed by atoms with E-state index in [1.807, 2.05) is 0 Å². The lowest BCUT2D eigenvalue weighted by Gasteiger charge is -2.23. The zero-order valence-electron chi connectivity index (χ0n) is 10.5. The number of halogens is 3. The lowest BCUT2D eigenvalue weighted by atomic mass is 10.2. The average molecular weight is 302 g/mol. The number of alkyl halides is 3. The van der Waals surface area contributed by atoms with Crippen molar-refractivity contribution in [2.45, 2.75) is 25.1 Å². The summed E-state index contributed by atoms with van der Waals surface area (Å²) in [7, 11) is 0. The quantitative estimate of drug-likeness (QED) is 0.870. The highest BCUT2D eigenvalue weighted by Crippen LogP contribution is 2.32. The molecule has 2 rings (SSSR count). The molecule has 0 bridgehead atoms. The highest BCUT2D eigenvalue weighted by atomic mass is 32.1. The molecule has 108 valence electrons. The van der Waals surface area contributed by atoms with Crippen LogP contribution < -0.4 is 5.73 Å². The second-order valence-electron chi connectivity index (χ2n) is 4.45. The first-order valence-electron chi connectivity index (χ1n) is 6.06. The molecule has 0 aromatic carbocycles. The lowest BCUT2D eigenvalue weighted by molar-refractivity contribution is -0.141. The van der Waals surface area contributed by atoms with Gasteiger partial charge in [-0.1, -0.05) is 11.8 Å². The molecule has 1 aromatic heterocycles. The number of nitrogens with two attached hydrogens (primary N) is 1. The number of nitrogens with zero attached hydrogens (tertiary/aromatic N) is 1. The first kappa shape index (κ1) is 14.9. The predicted molar refractivity (Wildman–Crippen MR) is 70.4 cm³/mol. The Kier molecular flexibility index (Phi) is 4.35. The van der Waals surface area contributed by atoms with E-state index >= 15 is 0 Å². The SMILES string of the molecule is NCC#Cc1ccsc1C(=O)N(CC(F)(F)F)C1CC1. The molecular weight excluding hydrogens is 289 g/mol. The Morgan fingerprint density at radius 1 is 1.50 bits per heavy atom. The molecule has 3 nitrogen and oxygen atoms in total. The monoisotopic (exact) mass is 302 g/mol. The fourth-order valence-corrected chi connectivity index (χ4v) is 2.60. The Balaban J connectivity index is 2.22. The summed E-state index contributed by atoms with van der Waals surface area (Å²) < 4.78 is 37.7. The number of carbonyl (C=O) groups is 1. The maximum atomic E-state index is 12.6. The summed E-state index contributed by atoms with van der Waals surface area (Å²) >= 11 is 1.11. The summed E-state index contributed by atoms with van der Waals surface area (Å²) in [5, 5.41) is 1.65. The van der Waals surface area contributed by atoms with Gasteiger partial charge in [0.1, 0.15) is 11.4 Å². The van der Waals surface area contributed by atoms with E-state index in [0.717, 1.165) is 16.2 Å². The molecule has 1 amide bonds. The Bertz CT molecular complexity index is 552. The molecule has 7 heteroatoms. The fourth-order valence-electron chi connectivity index (χ4n) is 1.80. The zero-order chi connectivity index (χ0) is 14.8. The minimum absolute atomic E-state index is 0.137. The molecule has 1 saturated carbocycles. The van der Waals surface area contributed by atoms with E-state index in [1.165, 1.54) is 0 Å². The standard InChI is InChI=1S/C13H13F3N2OS/c14-13(15,16)8-18(10-3-4-10)12(19)11-9(2-1-6-17)5-7-20-11/h5,7,10H,3-4,6,8,17H2. The van der Waals surface area contributed by atoms with Crippen molar-refractivity contribution < 1.29 is 18.0 Å². The van der Waals surface area contributed by atoms with E-state index in [-0.39, 0.29) is 17.5 Å². The smallest absolute Gasteiger partial charge is 0.326 e. The Morgan fingerprint density at radius 3 is 2.75 bits per heavy atom. The van der Waals surface area contributed by atoms with Crippen molar-refractivity contribution in [3.05, 3.63) is 21.9 Å². The van der Waals surface area contributed by atoms with Crippen LogP contribution in [0.3, 0.4) is 0 Å². The van der Waals surface area contributed by atoms with Crippen LogP contribution in [0.1, 0.15) is 28.1 Å². The molecule has 1 heterocycles. The summed E-state index contributed by atoms with van der Waals surface area (Å²) in [5.41, 5.74) is 5.70. The number of hydrogen-bond acceptors (Lipinski definition) is 3. The maximum absolute atomic E-state index is 12.6. The van der Waals surface area contributed by atoms with Crippen molar-refractivity contribution in [2.24, 2.45) is 5.73 Å². The van der Waals surface area contributed by atoms with Crippen LogP contribution in [0.15, 0.2) is 11.4 Å². The van der Waals surface area contributed by atoms with Gasteiger partial charge in [-0.25, -0.2) is 0 Å². The zero-order valence-corrected chi connectivity index (χ0v) is 11.4. The van der Waals surface area contributed by atoms with Crippen LogP contribution in [0, 0.1) is 11.8 Å². The minimum atomic E-state index is -4.39. The molecule has 20 heavy (non-hydrogen) atoms. The molecule has 0 aliphatic heterocycles. The molecule has 0 atom stereocenters. The van der Waals surface area contributed by atoms with Gasteiger partial charge in [-0.2, -0.15) is 13.2 Å². The van der Waals surface area contributed by atoms with Gasteiger partial charge in [0, 0.05) is 11.6 Å². The van der Waals surface area contributed by atoms with Gasteiger partial charge in [-0.15, -0.1) is 11.3 Å². The Morgan fingerprint density at radius 2 is 2.20 bits per heavy atom. The second kappa shape index (κ2) is 5.85. The molecule has 1 aliphatic rings. The van der Waals surface area contributed by atoms with E-state index in [4.69, 9.17) is 5.73 Å². The second-order valence-corrected chi connectivity index (χ2v) is 5.36. The average Bonchev–Trinajstić information content (AvgIpc) is 3.10. The molecule has 0 radical (unpaired) electrons. The minimum Gasteiger partial charge on any atom is -0.326 e. The number of amides is 1. The number of rotatable bonds is 3. The van der Waals surface area contributed by atoms with Gasteiger partial charge in [0.2, 0.25) is 0 Å². The van der Waals surface area contributed by atoms with E-state index in [1.54, 1.807) is 11.4 Å². The third kappa shape index (κ3) is 3.74. The number of thiophene rings is 1. The van der Waals surface area contributed by atoms with Crippen LogP contribution >= 0.6 is 11.3 Å². The maximum Gasteiger partial charge on any atom is 0.406 e. The van der Waals surface area contributed by atoms with Crippen LogP contribution in [0.2, 0.25) is 0 Å². The van der Waals surface area contributed by atoms with Crippen LogP contribution in [0.25, 0.3) is 0 Å². The van der Waals surface area contributed by atoms with Crippen LogP contribution in [-0.2, 0) is 0 Å². The Hall–Kier alpha value is -1.52. The van der Waals surface area contributed by atoms with Gasteiger partial charge in [0.25, 0.3) is 5.91 Å². The molecule has 1 aliphatic carbocycles. The molecule has 0 saturated heterocycles. The van der Waals surface area contributed by atoms with Gasteiger partial charge < -0.3 is 10.6 Å². The summed E-state index contributed by atoms with van der Waals surface area (Å²) in [4.78, 5) is 13.4. The van der Waals surface area contributed by atoms with E-state index < -0.39 is 18.6 Å². The first-order valence-corrected chi connectivity index (χ1v) is 6.94. The van der Waals surface area contributed by atoms with Crippen molar-refractivity contribution in [3.63, 3.8) is 0 Å². The summed E-state index contributed by atoms with van der Waals surface area (Å²) in [6, 6.07) is 1.32. The number of hydrogen-bond donors (Lipinski definition) is 1. The summed E-state index contributed by atoms with van der Waals surface area (Å²) in [5.74, 6) is 4.73. The predicted octanol–water partition coefficient (Wildman–Crippen LogP) is 2.23. The van der Waals surface area contributed by atoms with Crippen molar-refractivity contribution >= 4 is 17.2 Å². The van der Waals surface area contributed by atoms with Crippen LogP contribution in [0.4, 0.5) is 13.2 Å². The van der Waals surface area contributed by atoms with Gasteiger partial charge in [-0.3, -0.25) is 4.79 Å². The Labute approximate surface area is 118 Å². The van der Waals surface area contributed by atoms with Gasteiger partial charge in [0.15, 0.2) is 0 Å². The van der Waals surface area contributed by atoms with Crippen molar-refractivity contribution in [2.75, 3.05) is 13.1 Å². The molecule has 1 fully saturated rings. The fraction of sp³-hybridized carbons (Fsp3) is 0.462. The van der Waals surface area contributed by atoms with E-state index in [0.29, 0.717) is 18.4 Å². The van der Waals surface area contributed by atoms with Crippen molar-refractivity contribution in [1.82, 2.24) is 4.90 Å². The van der Waals surface area contributed by atoms with Crippen molar-refractivity contribution in [3.8, 4) is 11.8 Å². The van der Waals surface area contributed by atoms with E-state index in [2.05, 4.69) is 11.8 Å². The van der Waals surface area contributed by atoms with Gasteiger partial charge >= 0.3 is 6.18 Å². The normalized spacial score (nSPS) is 14.6. The molecular formula is C13H13F3N2OS. The molecule has 1 aromatic rings. The molecule has 0 spiro atoms. The third-order valence-electron chi connectivity index (χ3n) is 2.78. The highest BCUT2D eigenvalue weighted by Gasteiger charge is 2.41. The third-order valence-corrected chi connectivity index (χ3v) is 3.69. The van der Waals surface area contributed by atoms with Gasteiger partial charge in [-0.05, 0) is 24.3 Å². The molecule has 2 N–H and O–H groups in total. The van der Waals surface area contributed by atoms with Crippen LogP contribution in [0.5, 0.6) is 0 Å². The van der Waals surface area contributed by atoms with Gasteiger partial charge in [0.05, 0.1) is 6.54 Å². The topological polar surface area (TPSA) is 46.3 Å². The van der Waals surface area contributed by atoms with E-state index in [9.17, 15) is 18.0 Å². The lowest BCUT2D eigenvalue weighted by Crippen LogP contribution is -2.40. The summed E-state index contributed by atoms with van der Waals surface area (Å²) in [6.07, 6.45) is -3.15. The largest absolute Gasteiger partial charge is 0.406 e. The number of carbonyl (C=O) groups excluding carboxylic acids is 1. The first-order chi connectivity index (χ1) is 9.42. The van der Waals surface area contributed by atoms with Crippen molar-refractivity contribution in [1.29, 1.82) is 0 Å². The summed E-state index contributed by atoms with van der Waals surface area (Å²) in [6.45, 7) is -1.07. The highest BCUT2D eigenvalue weighted by molar-refractivity contribution is 7.12. The molecule has 0 unspecified atom stereocenters.